The molecule has 0 atom stereocenters. The Morgan fingerprint density at radius 1 is 1.33 bits per heavy atom. The van der Waals surface area contributed by atoms with Gasteiger partial charge in [-0.2, -0.15) is 5.10 Å². The van der Waals surface area contributed by atoms with Gasteiger partial charge in [0.25, 0.3) is 0 Å². The van der Waals surface area contributed by atoms with Gasteiger partial charge in [0.05, 0.1) is 6.20 Å². The van der Waals surface area contributed by atoms with Crippen LogP contribution in [0.3, 0.4) is 0 Å². The first-order chi connectivity index (χ1) is 5.66. The van der Waals surface area contributed by atoms with Crippen molar-refractivity contribution >= 4 is 28.8 Å². The topological polar surface area (TPSA) is 30.2 Å². The molecule has 5 heteroatoms. The van der Waals surface area contributed by atoms with Crippen LogP contribution in [0.25, 0.3) is 5.65 Å². The Bertz CT molecular complexity index is 435. The monoisotopic (exact) mass is 201 g/mol. The molecule has 2 heterocycles. The summed E-state index contributed by atoms with van der Waals surface area (Å²) in [4.78, 5) is 4.06. The van der Waals surface area contributed by atoms with Crippen LogP contribution < -0.4 is 0 Å². The molecule has 0 aliphatic rings. The third-order valence-corrected chi connectivity index (χ3v) is 1.92. The standard InChI is InChI=1S/C7H5Cl2N3/c1-4-2-5(8)11-12-3-6(9)10-7(4)12/h2-3H,1H3. The van der Waals surface area contributed by atoms with Gasteiger partial charge in [0.15, 0.2) is 5.65 Å². The van der Waals surface area contributed by atoms with E-state index in [2.05, 4.69) is 10.1 Å². The second kappa shape index (κ2) is 2.61. The van der Waals surface area contributed by atoms with Crippen molar-refractivity contribution < 1.29 is 0 Å². The second-order valence-corrected chi connectivity index (χ2v) is 3.26. The predicted molar refractivity (Wildman–Crippen MR) is 47.7 cm³/mol. The highest BCUT2D eigenvalue weighted by Crippen LogP contribution is 2.15. The SMILES string of the molecule is Cc1cc(Cl)nn2cc(Cl)nc12. The maximum atomic E-state index is 5.73. The van der Waals surface area contributed by atoms with Crippen LogP contribution in [0.15, 0.2) is 12.3 Å². The van der Waals surface area contributed by atoms with E-state index in [0.717, 1.165) is 11.2 Å². The molecule has 62 valence electrons. The van der Waals surface area contributed by atoms with Crippen molar-refractivity contribution in [3.8, 4) is 0 Å². The summed E-state index contributed by atoms with van der Waals surface area (Å²) >= 11 is 11.4. The summed E-state index contributed by atoms with van der Waals surface area (Å²) in [7, 11) is 0. The summed E-state index contributed by atoms with van der Waals surface area (Å²) in [6.07, 6.45) is 1.62. The predicted octanol–water partition coefficient (Wildman–Crippen LogP) is 2.34. The number of hydrogen-bond acceptors (Lipinski definition) is 2. The van der Waals surface area contributed by atoms with Gasteiger partial charge in [0.1, 0.15) is 10.3 Å². The van der Waals surface area contributed by atoms with Crippen molar-refractivity contribution in [3.63, 3.8) is 0 Å². The van der Waals surface area contributed by atoms with Crippen LogP contribution in [0.1, 0.15) is 5.56 Å². The average molecular weight is 202 g/mol. The molecule has 0 fully saturated rings. The van der Waals surface area contributed by atoms with Crippen LogP contribution in [0.2, 0.25) is 10.3 Å². The third-order valence-electron chi connectivity index (χ3n) is 1.55. The smallest absolute Gasteiger partial charge is 0.158 e. The number of aromatic nitrogens is 3. The largest absolute Gasteiger partial charge is 0.218 e. The fourth-order valence-electron chi connectivity index (χ4n) is 1.06. The lowest BCUT2D eigenvalue weighted by Gasteiger charge is -1.96. The molecule has 0 aliphatic carbocycles. The molecule has 0 spiro atoms. The number of halogens is 2. The van der Waals surface area contributed by atoms with Gasteiger partial charge in [0, 0.05) is 0 Å². The normalized spacial score (nSPS) is 10.9. The molecule has 2 rings (SSSR count). The molecule has 0 bridgehead atoms. The number of nitrogens with zero attached hydrogens (tertiary/aromatic N) is 3. The van der Waals surface area contributed by atoms with E-state index in [-0.39, 0.29) is 0 Å². The molecule has 0 radical (unpaired) electrons. The van der Waals surface area contributed by atoms with Crippen LogP contribution in [0, 0.1) is 6.92 Å². The Kier molecular flexibility index (Phi) is 1.70. The first-order valence-corrected chi connectivity index (χ1v) is 4.10. The van der Waals surface area contributed by atoms with Crippen molar-refractivity contribution in [1.82, 2.24) is 14.6 Å². The van der Waals surface area contributed by atoms with E-state index in [1.807, 2.05) is 6.92 Å². The second-order valence-electron chi connectivity index (χ2n) is 2.48. The molecular weight excluding hydrogens is 197 g/mol. The number of hydrogen-bond donors (Lipinski definition) is 0. The fourth-order valence-corrected chi connectivity index (χ4v) is 1.48. The Labute approximate surface area is 78.9 Å². The molecule has 2 aromatic heterocycles. The summed E-state index contributed by atoms with van der Waals surface area (Å²) in [6.45, 7) is 1.91. The van der Waals surface area contributed by atoms with Crippen molar-refractivity contribution in [2.24, 2.45) is 0 Å². The first-order valence-electron chi connectivity index (χ1n) is 3.35. The lowest BCUT2D eigenvalue weighted by molar-refractivity contribution is 0.928. The van der Waals surface area contributed by atoms with Crippen molar-refractivity contribution in [2.75, 3.05) is 0 Å². The van der Waals surface area contributed by atoms with Gasteiger partial charge in [-0.15, -0.1) is 0 Å². The quantitative estimate of drug-likeness (QED) is 0.656. The first kappa shape index (κ1) is 7.83. The van der Waals surface area contributed by atoms with Gasteiger partial charge in [-0.05, 0) is 18.6 Å². The van der Waals surface area contributed by atoms with Gasteiger partial charge in [0.2, 0.25) is 0 Å². The highest BCUT2D eigenvalue weighted by atomic mass is 35.5. The highest BCUT2D eigenvalue weighted by Gasteiger charge is 2.03. The number of fused-ring (bicyclic) bond motifs is 1. The van der Waals surface area contributed by atoms with E-state index in [1.54, 1.807) is 16.8 Å². The minimum atomic E-state index is 0.424. The molecule has 0 aliphatic heterocycles. The molecule has 0 unspecified atom stereocenters. The Morgan fingerprint density at radius 3 is 2.83 bits per heavy atom. The van der Waals surface area contributed by atoms with Gasteiger partial charge in [-0.25, -0.2) is 9.50 Å². The van der Waals surface area contributed by atoms with Crippen molar-refractivity contribution in [3.05, 3.63) is 28.1 Å². The van der Waals surface area contributed by atoms with Crippen molar-refractivity contribution in [2.45, 2.75) is 6.92 Å². The van der Waals surface area contributed by atoms with E-state index < -0.39 is 0 Å². The molecule has 0 saturated heterocycles. The van der Waals surface area contributed by atoms with Crippen LogP contribution >= 0.6 is 23.2 Å². The number of aryl methyl sites for hydroxylation is 1. The third kappa shape index (κ3) is 1.15. The Hall–Kier alpha value is -0.800. The van der Waals surface area contributed by atoms with Gasteiger partial charge in [-0.1, -0.05) is 23.2 Å². The molecule has 12 heavy (non-hydrogen) atoms. The highest BCUT2D eigenvalue weighted by molar-refractivity contribution is 6.30. The molecule has 2 aromatic rings. The van der Waals surface area contributed by atoms with E-state index in [1.165, 1.54) is 0 Å². The Balaban J connectivity index is 2.88. The zero-order valence-electron chi connectivity index (χ0n) is 6.25. The molecule has 0 saturated carbocycles. The molecule has 0 N–H and O–H groups in total. The zero-order valence-corrected chi connectivity index (χ0v) is 7.76. The maximum Gasteiger partial charge on any atom is 0.158 e. The number of imidazole rings is 1. The van der Waals surface area contributed by atoms with Crippen LogP contribution in [-0.4, -0.2) is 14.6 Å². The van der Waals surface area contributed by atoms with E-state index in [4.69, 9.17) is 23.2 Å². The van der Waals surface area contributed by atoms with Gasteiger partial charge in [-0.3, -0.25) is 0 Å². The summed E-state index contributed by atoms with van der Waals surface area (Å²) in [5, 5.41) is 4.86. The van der Waals surface area contributed by atoms with Crippen LogP contribution in [0.5, 0.6) is 0 Å². The van der Waals surface area contributed by atoms with E-state index >= 15 is 0 Å². The minimum absolute atomic E-state index is 0.424. The summed E-state index contributed by atoms with van der Waals surface area (Å²) in [6, 6.07) is 1.75. The molecule has 3 nitrogen and oxygen atoms in total. The van der Waals surface area contributed by atoms with Crippen LogP contribution in [0.4, 0.5) is 0 Å². The van der Waals surface area contributed by atoms with E-state index in [0.29, 0.717) is 10.3 Å². The van der Waals surface area contributed by atoms with Gasteiger partial charge < -0.3 is 0 Å². The minimum Gasteiger partial charge on any atom is -0.218 e. The zero-order chi connectivity index (χ0) is 8.72. The molecule has 0 amide bonds. The average Bonchev–Trinajstić information content (AvgIpc) is 2.29. The molecule has 0 aromatic carbocycles. The Morgan fingerprint density at radius 2 is 2.08 bits per heavy atom. The maximum absolute atomic E-state index is 5.73. The number of rotatable bonds is 0. The lowest BCUT2D eigenvalue weighted by atomic mass is 10.3. The van der Waals surface area contributed by atoms with Gasteiger partial charge >= 0.3 is 0 Å². The lowest BCUT2D eigenvalue weighted by Crippen LogP contribution is -1.92. The summed E-state index contributed by atoms with van der Waals surface area (Å²) in [5.41, 5.74) is 1.70. The van der Waals surface area contributed by atoms with E-state index in [9.17, 15) is 0 Å². The fraction of sp³-hybridized carbons (Fsp3) is 0.143. The summed E-state index contributed by atoms with van der Waals surface area (Å²) < 4.78 is 1.57. The molecular formula is C7H5Cl2N3. The van der Waals surface area contributed by atoms with Crippen molar-refractivity contribution in [1.29, 1.82) is 0 Å². The summed E-state index contributed by atoms with van der Waals surface area (Å²) in [5.74, 6) is 0. The van der Waals surface area contributed by atoms with Crippen LogP contribution in [-0.2, 0) is 0 Å².